The predicted molar refractivity (Wildman–Crippen MR) is 118 cm³/mol. The average molecular weight is 399 g/mol. The third-order valence-corrected chi connectivity index (χ3v) is 5.50. The van der Waals surface area contributed by atoms with Gasteiger partial charge in [-0.3, -0.25) is 4.90 Å². The lowest BCUT2D eigenvalue weighted by atomic mass is 10.0. The lowest BCUT2D eigenvalue weighted by Gasteiger charge is -2.37. The zero-order chi connectivity index (χ0) is 20.8. The molecule has 1 aliphatic rings. The van der Waals surface area contributed by atoms with Crippen LogP contribution in [0.15, 0.2) is 42.5 Å². The third kappa shape index (κ3) is 5.87. The highest BCUT2D eigenvalue weighted by Crippen LogP contribution is 2.27. The molecule has 0 unspecified atom stereocenters. The maximum Gasteiger partial charge on any atom is 0.123 e. The number of benzene rings is 2. The molecule has 1 fully saturated rings. The molecule has 5 nitrogen and oxygen atoms in total. The molecular formula is C24H34N2O3. The molecule has 0 aliphatic carbocycles. The van der Waals surface area contributed by atoms with Crippen molar-refractivity contribution in [1.29, 1.82) is 0 Å². The molecule has 3 rings (SSSR count). The minimum atomic E-state index is -0.497. The van der Waals surface area contributed by atoms with Crippen LogP contribution in [0.4, 0.5) is 5.69 Å². The minimum Gasteiger partial charge on any atom is -0.497 e. The van der Waals surface area contributed by atoms with E-state index in [0.717, 1.165) is 37.7 Å². The monoisotopic (exact) mass is 398 g/mol. The van der Waals surface area contributed by atoms with E-state index in [1.54, 1.807) is 7.11 Å². The molecule has 158 valence electrons. The summed E-state index contributed by atoms with van der Waals surface area (Å²) in [6.07, 6.45) is -0.497. The van der Waals surface area contributed by atoms with Crippen LogP contribution in [0.2, 0.25) is 0 Å². The molecule has 2 aromatic rings. The van der Waals surface area contributed by atoms with Crippen LogP contribution >= 0.6 is 0 Å². The van der Waals surface area contributed by atoms with Crippen molar-refractivity contribution in [1.82, 2.24) is 4.90 Å². The van der Waals surface area contributed by atoms with E-state index >= 15 is 0 Å². The largest absolute Gasteiger partial charge is 0.497 e. The molecule has 2 aromatic carbocycles. The SMILES string of the molecule is COc1ccc(N2CCN(C[C@@H](O)COc3cc(C)ccc3C(C)C)CC2)cc1. The van der Waals surface area contributed by atoms with Gasteiger partial charge in [-0.2, -0.15) is 0 Å². The van der Waals surface area contributed by atoms with Gasteiger partial charge in [-0.25, -0.2) is 0 Å². The molecule has 29 heavy (non-hydrogen) atoms. The number of ether oxygens (including phenoxy) is 2. The highest BCUT2D eigenvalue weighted by atomic mass is 16.5. The molecule has 0 radical (unpaired) electrons. The van der Waals surface area contributed by atoms with Crippen LogP contribution < -0.4 is 14.4 Å². The van der Waals surface area contributed by atoms with Gasteiger partial charge in [-0.05, 0) is 54.3 Å². The Bertz CT molecular complexity index is 768. The van der Waals surface area contributed by atoms with Crippen molar-refractivity contribution in [2.24, 2.45) is 0 Å². The first-order chi connectivity index (χ1) is 14.0. The summed E-state index contributed by atoms with van der Waals surface area (Å²) >= 11 is 0. The second-order valence-corrected chi connectivity index (χ2v) is 8.15. The van der Waals surface area contributed by atoms with Gasteiger partial charge in [0.05, 0.1) is 7.11 Å². The van der Waals surface area contributed by atoms with Gasteiger partial charge in [0.15, 0.2) is 0 Å². The Morgan fingerprint density at radius 2 is 1.69 bits per heavy atom. The first kappa shape index (κ1) is 21.5. The number of anilines is 1. The molecule has 1 aliphatic heterocycles. The van der Waals surface area contributed by atoms with Crippen LogP contribution in [0, 0.1) is 6.92 Å². The molecule has 5 heteroatoms. The first-order valence-corrected chi connectivity index (χ1v) is 10.5. The Kier molecular flexibility index (Phi) is 7.40. The van der Waals surface area contributed by atoms with Crippen molar-refractivity contribution in [3.63, 3.8) is 0 Å². The summed E-state index contributed by atoms with van der Waals surface area (Å²) in [5, 5.41) is 10.5. The fourth-order valence-electron chi connectivity index (χ4n) is 3.76. The Morgan fingerprint density at radius 3 is 2.31 bits per heavy atom. The van der Waals surface area contributed by atoms with Crippen molar-refractivity contribution >= 4 is 5.69 Å². The van der Waals surface area contributed by atoms with Gasteiger partial charge >= 0.3 is 0 Å². The van der Waals surface area contributed by atoms with E-state index in [1.165, 1.54) is 16.8 Å². The second-order valence-electron chi connectivity index (χ2n) is 8.15. The standard InChI is InChI=1S/C24H34N2O3/c1-18(2)23-10-5-19(3)15-24(23)29-17-21(27)16-25-11-13-26(14-12-25)20-6-8-22(28-4)9-7-20/h5-10,15,18,21,27H,11-14,16-17H2,1-4H3/t21-/m1/s1. The number of piperazine rings is 1. The van der Waals surface area contributed by atoms with Crippen molar-refractivity contribution in [3.05, 3.63) is 53.6 Å². The fraction of sp³-hybridized carbons (Fsp3) is 0.500. The number of nitrogens with zero attached hydrogens (tertiary/aromatic N) is 2. The number of aryl methyl sites for hydroxylation is 1. The molecule has 0 amide bonds. The van der Waals surface area contributed by atoms with E-state index in [-0.39, 0.29) is 0 Å². The van der Waals surface area contributed by atoms with Crippen LogP contribution in [-0.4, -0.2) is 62.6 Å². The van der Waals surface area contributed by atoms with E-state index in [2.05, 4.69) is 60.9 Å². The molecule has 0 saturated carbocycles. The second kappa shape index (κ2) is 9.99. The Hall–Kier alpha value is -2.24. The van der Waals surface area contributed by atoms with Crippen molar-refractivity contribution < 1.29 is 14.6 Å². The maximum absolute atomic E-state index is 10.5. The Morgan fingerprint density at radius 1 is 1.00 bits per heavy atom. The number of hydrogen-bond acceptors (Lipinski definition) is 5. The van der Waals surface area contributed by atoms with Crippen LogP contribution in [0.25, 0.3) is 0 Å². The highest BCUT2D eigenvalue weighted by Gasteiger charge is 2.20. The molecular weight excluding hydrogens is 364 g/mol. The summed E-state index contributed by atoms with van der Waals surface area (Å²) in [5.74, 6) is 2.17. The number of β-amino-alcohol motifs (C(OH)–C–C–N with tert-alkyl or cyclic N) is 1. The summed E-state index contributed by atoms with van der Waals surface area (Å²) < 4.78 is 11.2. The molecule has 1 saturated heterocycles. The lowest BCUT2D eigenvalue weighted by molar-refractivity contribution is 0.0659. The van der Waals surface area contributed by atoms with Gasteiger partial charge in [0, 0.05) is 38.4 Å². The number of rotatable bonds is 8. The van der Waals surface area contributed by atoms with Gasteiger partial charge in [0.1, 0.15) is 24.2 Å². The van der Waals surface area contributed by atoms with Crippen molar-refractivity contribution in [2.75, 3.05) is 51.3 Å². The Labute approximate surface area is 174 Å². The third-order valence-electron chi connectivity index (χ3n) is 5.50. The minimum absolute atomic E-state index is 0.321. The molecule has 0 bridgehead atoms. The number of aliphatic hydroxyl groups excluding tert-OH is 1. The summed E-state index contributed by atoms with van der Waals surface area (Å²) in [6.45, 7) is 11.1. The average Bonchev–Trinajstić information content (AvgIpc) is 2.73. The number of methoxy groups -OCH3 is 1. The van der Waals surface area contributed by atoms with E-state index in [9.17, 15) is 5.11 Å². The molecule has 1 atom stereocenters. The summed E-state index contributed by atoms with van der Waals surface area (Å²) in [6, 6.07) is 14.5. The quantitative estimate of drug-likeness (QED) is 0.735. The summed E-state index contributed by atoms with van der Waals surface area (Å²) in [7, 11) is 1.69. The molecule has 1 heterocycles. The van der Waals surface area contributed by atoms with E-state index in [4.69, 9.17) is 9.47 Å². The van der Waals surface area contributed by atoms with Gasteiger partial charge in [-0.15, -0.1) is 0 Å². The summed E-state index contributed by atoms with van der Waals surface area (Å²) in [4.78, 5) is 4.69. The van der Waals surface area contributed by atoms with Gasteiger partial charge < -0.3 is 19.5 Å². The normalized spacial score (nSPS) is 16.1. The van der Waals surface area contributed by atoms with Gasteiger partial charge in [-0.1, -0.05) is 26.0 Å². The molecule has 1 N–H and O–H groups in total. The lowest BCUT2D eigenvalue weighted by Crippen LogP contribution is -2.49. The van der Waals surface area contributed by atoms with E-state index in [0.29, 0.717) is 19.1 Å². The highest BCUT2D eigenvalue weighted by molar-refractivity contribution is 5.49. The van der Waals surface area contributed by atoms with E-state index in [1.807, 2.05) is 12.1 Å². The van der Waals surface area contributed by atoms with Crippen LogP contribution in [0.1, 0.15) is 30.9 Å². The molecule has 0 aromatic heterocycles. The van der Waals surface area contributed by atoms with Crippen LogP contribution in [0.3, 0.4) is 0 Å². The van der Waals surface area contributed by atoms with Crippen LogP contribution in [-0.2, 0) is 0 Å². The fourth-order valence-corrected chi connectivity index (χ4v) is 3.76. The zero-order valence-corrected chi connectivity index (χ0v) is 18.1. The smallest absolute Gasteiger partial charge is 0.123 e. The zero-order valence-electron chi connectivity index (χ0n) is 18.1. The van der Waals surface area contributed by atoms with Crippen molar-refractivity contribution in [3.8, 4) is 11.5 Å². The number of hydrogen-bond donors (Lipinski definition) is 1. The first-order valence-electron chi connectivity index (χ1n) is 10.5. The Balaban J connectivity index is 1.46. The molecule has 0 spiro atoms. The predicted octanol–water partition coefficient (Wildman–Crippen LogP) is 3.69. The van der Waals surface area contributed by atoms with Crippen LogP contribution in [0.5, 0.6) is 11.5 Å². The topological polar surface area (TPSA) is 45.2 Å². The van der Waals surface area contributed by atoms with Gasteiger partial charge in [0.25, 0.3) is 0 Å². The summed E-state index contributed by atoms with van der Waals surface area (Å²) in [5.41, 5.74) is 3.58. The van der Waals surface area contributed by atoms with Gasteiger partial charge in [0.2, 0.25) is 0 Å². The van der Waals surface area contributed by atoms with E-state index < -0.39 is 6.10 Å². The maximum atomic E-state index is 10.5. The van der Waals surface area contributed by atoms with Crippen molar-refractivity contribution in [2.45, 2.75) is 32.8 Å². The number of aliphatic hydroxyl groups is 1.